The lowest BCUT2D eigenvalue weighted by Gasteiger charge is -2.34. The second kappa shape index (κ2) is 5.41. The van der Waals surface area contributed by atoms with Crippen LogP contribution < -0.4 is 9.47 Å². The number of amides is 1. The molecule has 0 saturated carbocycles. The van der Waals surface area contributed by atoms with Crippen LogP contribution in [0.25, 0.3) is 0 Å². The van der Waals surface area contributed by atoms with Crippen molar-refractivity contribution in [1.82, 2.24) is 4.90 Å². The molecule has 0 radical (unpaired) electrons. The van der Waals surface area contributed by atoms with Crippen LogP contribution in [-0.2, 0) is 0 Å². The lowest BCUT2D eigenvalue weighted by molar-refractivity contribution is 0.0653. The summed E-state index contributed by atoms with van der Waals surface area (Å²) in [5.74, 6) is 1.13. The quantitative estimate of drug-likeness (QED) is 0.801. The number of halogens is 1. The summed E-state index contributed by atoms with van der Waals surface area (Å²) in [4.78, 5) is 14.3. The molecular weight excluding hydrogens is 310 g/mol. The average molecular weight is 328 g/mol. The van der Waals surface area contributed by atoms with Gasteiger partial charge in [0.2, 0.25) is 0 Å². The van der Waals surface area contributed by atoms with E-state index >= 15 is 0 Å². The van der Waals surface area contributed by atoms with Crippen molar-refractivity contribution in [3.63, 3.8) is 0 Å². The largest absolute Gasteiger partial charge is 0.486 e. The molecule has 0 fully saturated rings. The van der Waals surface area contributed by atoms with Crippen molar-refractivity contribution in [2.45, 2.75) is 19.4 Å². The van der Waals surface area contributed by atoms with Gasteiger partial charge < -0.3 is 14.4 Å². The predicted octanol–water partition coefficient (Wildman–Crippen LogP) is 2.70. The number of benzene rings is 1. The normalized spacial score (nSPS) is 14.1. The van der Waals surface area contributed by atoms with E-state index < -0.39 is 0 Å². The van der Waals surface area contributed by atoms with Crippen molar-refractivity contribution < 1.29 is 14.3 Å². The Morgan fingerprint density at radius 1 is 1.37 bits per heavy atom. The molecule has 0 unspecified atom stereocenters. The molecule has 0 N–H and O–H groups in total. The average Bonchev–Trinajstić information content (AvgIpc) is 2.45. The van der Waals surface area contributed by atoms with Crippen LogP contribution in [0.5, 0.6) is 11.5 Å². The molecule has 19 heavy (non-hydrogen) atoms. The highest BCUT2D eigenvalue weighted by Gasteiger charge is 2.30. The number of carbonyl (C=O) groups is 1. The summed E-state index contributed by atoms with van der Waals surface area (Å²) in [7, 11) is 1.80. The van der Waals surface area contributed by atoms with Crippen molar-refractivity contribution >= 4 is 21.8 Å². The predicted molar refractivity (Wildman–Crippen MR) is 77.4 cm³/mol. The minimum atomic E-state index is -0.269. The molecule has 1 aliphatic rings. The highest BCUT2D eigenvalue weighted by molar-refractivity contribution is 9.09. The van der Waals surface area contributed by atoms with Gasteiger partial charge in [0.05, 0.1) is 5.56 Å². The smallest absolute Gasteiger partial charge is 0.257 e. The van der Waals surface area contributed by atoms with E-state index in [0.717, 1.165) is 0 Å². The van der Waals surface area contributed by atoms with Crippen LogP contribution in [0.1, 0.15) is 24.2 Å². The van der Waals surface area contributed by atoms with Gasteiger partial charge >= 0.3 is 0 Å². The Labute approximate surface area is 121 Å². The number of para-hydroxylation sites is 1. The van der Waals surface area contributed by atoms with Crippen molar-refractivity contribution in [1.29, 1.82) is 0 Å². The van der Waals surface area contributed by atoms with Gasteiger partial charge in [0.15, 0.2) is 11.5 Å². The Kier molecular flexibility index (Phi) is 4.04. The molecule has 5 heteroatoms. The Morgan fingerprint density at radius 2 is 2.05 bits per heavy atom. The standard InChI is InChI=1S/C14H18BrNO3/c1-14(2,9-15)16(3)13(17)10-5-4-6-11-12(10)19-8-7-18-11/h4-6H,7-9H2,1-3H3. The Bertz CT molecular complexity index is 488. The zero-order chi connectivity index (χ0) is 14.0. The minimum absolute atomic E-state index is 0.0631. The molecule has 1 aromatic carbocycles. The Hall–Kier alpha value is -1.23. The summed E-state index contributed by atoms with van der Waals surface area (Å²) in [6.07, 6.45) is 0. The number of alkyl halides is 1. The van der Waals surface area contributed by atoms with E-state index in [1.54, 1.807) is 18.0 Å². The van der Waals surface area contributed by atoms with Crippen LogP contribution >= 0.6 is 15.9 Å². The lowest BCUT2D eigenvalue weighted by atomic mass is 10.0. The van der Waals surface area contributed by atoms with Crippen LogP contribution in [0, 0.1) is 0 Å². The number of ether oxygens (including phenoxy) is 2. The van der Waals surface area contributed by atoms with Gasteiger partial charge in [-0.1, -0.05) is 22.0 Å². The number of hydrogen-bond acceptors (Lipinski definition) is 3. The molecule has 0 spiro atoms. The van der Waals surface area contributed by atoms with Crippen LogP contribution in [0.2, 0.25) is 0 Å². The highest BCUT2D eigenvalue weighted by Crippen LogP contribution is 2.35. The third-order valence-corrected chi connectivity index (χ3v) is 4.71. The fraction of sp³-hybridized carbons (Fsp3) is 0.500. The van der Waals surface area contributed by atoms with Gasteiger partial charge in [-0.3, -0.25) is 4.79 Å². The second-order valence-electron chi connectivity index (χ2n) is 5.14. The molecule has 104 valence electrons. The summed E-state index contributed by atoms with van der Waals surface area (Å²) < 4.78 is 11.1. The molecule has 0 aromatic heterocycles. The van der Waals surface area contributed by atoms with Crippen molar-refractivity contribution in [3.8, 4) is 11.5 Å². The maximum atomic E-state index is 12.6. The summed E-state index contributed by atoms with van der Waals surface area (Å²) >= 11 is 3.44. The first-order valence-corrected chi connectivity index (χ1v) is 7.32. The number of hydrogen-bond donors (Lipinski definition) is 0. The zero-order valence-corrected chi connectivity index (χ0v) is 13.0. The summed E-state index contributed by atoms with van der Waals surface area (Å²) in [5.41, 5.74) is 0.281. The van der Waals surface area contributed by atoms with Crippen molar-refractivity contribution in [2.24, 2.45) is 0 Å². The summed E-state index contributed by atoms with van der Waals surface area (Å²) in [6, 6.07) is 5.41. The van der Waals surface area contributed by atoms with Gasteiger partial charge in [0.25, 0.3) is 5.91 Å². The van der Waals surface area contributed by atoms with Gasteiger partial charge in [-0.2, -0.15) is 0 Å². The fourth-order valence-corrected chi connectivity index (χ4v) is 2.16. The van der Waals surface area contributed by atoms with E-state index in [-0.39, 0.29) is 11.4 Å². The first-order valence-electron chi connectivity index (χ1n) is 6.20. The molecule has 0 atom stereocenters. The molecular formula is C14H18BrNO3. The van der Waals surface area contributed by atoms with Gasteiger partial charge in [0, 0.05) is 17.9 Å². The summed E-state index contributed by atoms with van der Waals surface area (Å²) in [6.45, 7) is 5.01. The second-order valence-corrected chi connectivity index (χ2v) is 5.70. The Balaban J connectivity index is 2.34. The number of nitrogens with zero attached hydrogens (tertiary/aromatic N) is 1. The molecule has 2 rings (SSSR count). The van der Waals surface area contributed by atoms with Crippen molar-refractivity contribution in [2.75, 3.05) is 25.6 Å². The molecule has 1 amide bonds. The number of fused-ring (bicyclic) bond motifs is 1. The van der Waals surface area contributed by atoms with Crippen LogP contribution in [0.4, 0.5) is 0 Å². The molecule has 0 bridgehead atoms. The van der Waals surface area contributed by atoms with Crippen LogP contribution in [-0.4, -0.2) is 41.9 Å². The molecule has 0 aliphatic carbocycles. The van der Waals surface area contributed by atoms with E-state index in [9.17, 15) is 4.79 Å². The first-order chi connectivity index (χ1) is 8.97. The monoisotopic (exact) mass is 327 g/mol. The van der Waals surface area contributed by atoms with E-state index in [4.69, 9.17) is 9.47 Å². The van der Waals surface area contributed by atoms with E-state index in [1.807, 2.05) is 26.0 Å². The molecule has 0 saturated heterocycles. The molecule has 4 nitrogen and oxygen atoms in total. The van der Waals surface area contributed by atoms with Crippen LogP contribution in [0.15, 0.2) is 18.2 Å². The molecule has 1 aliphatic heterocycles. The minimum Gasteiger partial charge on any atom is -0.486 e. The topological polar surface area (TPSA) is 38.8 Å². The van der Waals surface area contributed by atoms with E-state index in [0.29, 0.717) is 35.6 Å². The highest BCUT2D eigenvalue weighted by atomic mass is 79.9. The van der Waals surface area contributed by atoms with Gasteiger partial charge in [-0.25, -0.2) is 0 Å². The molecule has 1 heterocycles. The zero-order valence-electron chi connectivity index (χ0n) is 11.4. The van der Waals surface area contributed by atoms with E-state index in [1.165, 1.54) is 0 Å². The van der Waals surface area contributed by atoms with Gasteiger partial charge in [-0.05, 0) is 26.0 Å². The van der Waals surface area contributed by atoms with Gasteiger partial charge in [-0.15, -0.1) is 0 Å². The maximum absolute atomic E-state index is 12.6. The third kappa shape index (κ3) is 2.71. The SMILES string of the molecule is CN(C(=O)c1cccc2c1OCCO2)C(C)(C)CBr. The fourth-order valence-electron chi connectivity index (χ4n) is 1.79. The number of carbonyl (C=O) groups excluding carboxylic acids is 1. The van der Waals surface area contributed by atoms with Crippen LogP contribution in [0.3, 0.4) is 0 Å². The number of rotatable bonds is 3. The van der Waals surface area contributed by atoms with Gasteiger partial charge in [0.1, 0.15) is 13.2 Å². The first kappa shape index (κ1) is 14.2. The summed E-state index contributed by atoms with van der Waals surface area (Å²) in [5, 5.41) is 0.703. The third-order valence-electron chi connectivity index (χ3n) is 3.34. The lowest BCUT2D eigenvalue weighted by Crippen LogP contribution is -2.46. The Morgan fingerprint density at radius 3 is 2.74 bits per heavy atom. The maximum Gasteiger partial charge on any atom is 0.257 e. The molecule has 1 aromatic rings. The van der Waals surface area contributed by atoms with Crippen molar-refractivity contribution in [3.05, 3.63) is 23.8 Å². The van der Waals surface area contributed by atoms with E-state index in [2.05, 4.69) is 15.9 Å².